The number of hydrogen-bond acceptors (Lipinski definition) is 6. The predicted octanol–water partition coefficient (Wildman–Crippen LogP) is 1.51. The highest BCUT2D eigenvalue weighted by molar-refractivity contribution is 7.89. The molecule has 1 aliphatic heterocycles. The van der Waals surface area contributed by atoms with Crippen LogP contribution in [0.1, 0.15) is 5.56 Å². The largest absolute Gasteiger partial charge is 0.338 e. The van der Waals surface area contributed by atoms with Crippen molar-refractivity contribution in [1.29, 1.82) is 5.26 Å². The van der Waals surface area contributed by atoms with Crippen LogP contribution in [0.5, 0.6) is 0 Å². The van der Waals surface area contributed by atoms with Crippen molar-refractivity contribution < 1.29 is 8.42 Å². The van der Waals surface area contributed by atoms with E-state index in [1.165, 1.54) is 22.5 Å². The maximum atomic E-state index is 12.7. The summed E-state index contributed by atoms with van der Waals surface area (Å²) < 4.78 is 26.8. The Labute approximate surface area is 145 Å². The molecular formula is C15H14ClN5O2S. The molecule has 1 fully saturated rings. The number of benzene rings is 1. The molecule has 0 unspecified atom stereocenters. The Hall–Kier alpha value is -2.21. The van der Waals surface area contributed by atoms with E-state index < -0.39 is 10.0 Å². The number of piperazine rings is 1. The van der Waals surface area contributed by atoms with Gasteiger partial charge in [0.25, 0.3) is 0 Å². The van der Waals surface area contributed by atoms with Gasteiger partial charge in [-0.1, -0.05) is 11.6 Å². The lowest BCUT2D eigenvalue weighted by Gasteiger charge is -2.33. The van der Waals surface area contributed by atoms with Gasteiger partial charge in [-0.3, -0.25) is 0 Å². The van der Waals surface area contributed by atoms with Gasteiger partial charge in [0.1, 0.15) is 6.07 Å². The summed E-state index contributed by atoms with van der Waals surface area (Å²) >= 11 is 5.95. The van der Waals surface area contributed by atoms with Crippen molar-refractivity contribution in [2.45, 2.75) is 4.90 Å². The van der Waals surface area contributed by atoms with Gasteiger partial charge in [0.2, 0.25) is 16.0 Å². The van der Waals surface area contributed by atoms with Crippen molar-refractivity contribution in [3.8, 4) is 6.07 Å². The first kappa shape index (κ1) is 16.6. The third kappa shape index (κ3) is 3.19. The second-order valence-corrected chi connectivity index (χ2v) is 7.54. The fourth-order valence-corrected chi connectivity index (χ4v) is 4.22. The Balaban J connectivity index is 1.76. The number of halogens is 1. The first-order chi connectivity index (χ1) is 11.5. The van der Waals surface area contributed by atoms with Crippen LogP contribution in [-0.2, 0) is 10.0 Å². The minimum Gasteiger partial charge on any atom is -0.338 e. The first-order valence-corrected chi connectivity index (χ1v) is 9.06. The molecule has 24 heavy (non-hydrogen) atoms. The van der Waals surface area contributed by atoms with Crippen molar-refractivity contribution in [2.24, 2.45) is 0 Å². The van der Waals surface area contributed by atoms with Crippen LogP contribution in [0.2, 0.25) is 5.02 Å². The Morgan fingerprint density at radius 3 is 2.38 bits per heavy atom. The Kier molecular flexibility index (Phi) is 4.66. The van der Waals surface area contributed by atoms with Gasteiger partial charge in [0.15, 0.2) is 0 Å². The molecule has 1 aromatic heterocycles. The minimum absolute atomic E-state index is 0.0934. The molecular weight excluding hydrogens is 350 g/mol. The molecule has 0 bridgehead atoms. The molecule has 1 saturated heterocycles. The van der Waals surface area contributed by atoms with Gasteiger partial charge in [0.05, 0.1) is 15.5 Å². The Bertz CT molecular complexity index is 874. The number of anilines is 1. The SMILES string of the molecule is N#Cc1ccc(S(=O)(=O)N2CCN(c3ncccn3)CC2)cc1Cl. The number of nitrogens with zero attached hydrogens (tertiary/aromatic N) is 5. The first-order valence-electron chi connectivity index (χ1n) is 7.24. The third-order valence-corrected chi connectivity index (χ3v) is 5.98. The van der Waals surface area contributed by atoms with Crippen LogP contribution in [0.25, 0.3) is 0 Å². The number of aromatic nitrogens is 2. The monoisotopic (exact) mass is 363 g/mol. The third-order valence-electron chi connectivity index (χ3n) is 3.77. The standard InChI is InChI=1S/C15H14ClN5O2S/c16-14-10-13(3-2-12(14)11-17)24(22,23)21-8-6-20(7-9-21)15-18-4-1-5-19-15/h1-5,10H,6-9H2. The Morgan fingerprint density at radius 2 is 1.79 bits per heavy atom. The highest BCUT2D eigenvalue weighted by Crippen LogP contribution is 2.24. The molecule has 0 saturated carbocycles. The maximum Gasteiger partial charge on any atom is 0.243 e. The molecule has 1 aliphatic rings. The molecule has 0 radical (unpaired) electrons. The summed E-state index contributed by atoms with van der Waals surface area (Å²) in [5, 5.41) is 9.02. The molecule has 1 aromatic carbocycles. The molecule has 0 spiro atoms. The predicted molar refractivity (Wildman–Crippen MR) is 89.2 cm³/mol. The second kappa shape index (κ2) is 6.73. The number of nitriles is 1. The zero-order chi connectivity index (χ0) is 17.2. The van der Waals surface area contributed by atoms with Crippen LogP contribution < -0.4 is 4.90 Å². The van der Waals surface area contributed by atoms with Crippen molar-refractivity contribution in [1.82, 2.24) is 14.3 Å². The zero-order valence-electron chi connectivity index (χ0n) is 12.6. The van der Waals surface area contributed by atoms with Crippen molar-refractivity contribution in [3.63, 3.8) is 0 Å². The lowest BCUT2D eigenvalue weighted by atomic mass is 10.2. The number of rotatable bonds is 3. The molecule has 7 nitrogen and oxygen atoms in total. The maximum absolute atomic E-state index is 12.7. The van der Waals surface area contributed by atoms with Crippen LogP contribution in [0.4, 0.5) is 5.95 Å². The summed E-state index contributed by atoms with van der Waals surface area (Å²) in [6.45, 7) is 1.68. The van der Waals surface area contributed by atoms with Gasteiger partial charge in [0, 0.05) is 38.6 Å². The van der Waals surface area contributed by atoms with Crippen LogP contribution in [0, 0.1) is 11.3 Å². The van der Waals surface area contributed by atoms with E-state index in [1.807, 2.05) is 11.0 Å². The molecule has 0 amide bonds. The molecule has 2 aromatic rings. The van der Waals surface area contributed by atoms with Crippen LogP contribution >= 0.6 is 11.6 Å². The summed E-state index contributed by atoms with van der Waals surface area (Å²) in [5.74, 6) is 0.593. The summed E-state index contributed by atoms with van der Waals surface area (Å²) in [6.07, 6.45) is 3.31. The highest BCUT2D eigenvalue weighted by Gasteiger charge is 2.29. The van der Waals surface area contributed by atoms with E-state index in [-0.39, 0.29) is 15.5 Å². The lowest BCUT2D eigenvalue weighted by molar-refractivity contribution is 0.382. The number of hydrogen-bond donors (Lipinski definition) is 0. The van der Waals surface area contributed by atoms with Crippen molar-refractivity contribution >= 4 is 27.6 Å². The lowest BCUT2D eigenvalue weighted by Crippen LogP contribution is -2.49. The van der Waals surface area contributed by atoms with E-state index in [0.29, 0.717) is 32.1 Å². The van der Waals surface area contributed by atoms with E-state index in [9.17, 15) is 8.42 Å². The topological polar surface area (TPSA) is 90.2 Å². The van der Waals surface area contributed by atoms with E-state index >= 15 is 0 Å². The summed E-state index contributed by atoms with van der Waals surface area (Å²) in [4.78, 5) is 10.4. The molecule has 124 valence electrons. The normalized spacial score (nSPS) is 15.9. The van der Waals surface area contributed by atoms with Gasteiger partial charge in [-0.2, -0.15) is 9.57 Å². The van der Waals surface area contributed by atoms with Crippen molar-refractivity contribution in [2.75, 3.05) is 31.1 Å². The smallest absolute Gasteiger partial charge is 0.243 e. The van der Waals surface area contributed by atoms with E-state index in [0.717, 1.165) is 0 Å². The van der Waals surface area contributed by atoms with Crippen LogP contribution in [-0.4, -0.2) is 48.9 Å². The molecule has 2 heterocycles. The molecule has 0 atom stereocenters. The van der Waals surface area contributed by atoms with Crippen LogP contribution in [0.15, 0.2) is 41.6 Å². The fourth-order valence-electron chi connectivity index (χ4n) is 2.48. The summed E-state index contributed by atoms with van der Waals surface area (Å²) in [5.41, 5.74) is 0.252. The van der Waals surface area contributed by atoms with Gasteiger partial charge < -0.3 is 4.90 Å². The van der Waals surface area contributed by atoms with Crippen molar-refractivity contribution in [3.05, 3.63) is 47.2 Å². The van der Waals surface area contributed by atoms with E-state index in [4.69, 9.17) is 16.9 Å². The van der Waals surface area contributed by atoms with Gasteiger partial charge in [-0.05, 0) is 24.3 Å². The molecule has 3 rings (SSSR count). The zero-order valence-corrected chi connectivity index (χ0v) is 14.2. The fraction of sp³-hybridized carbons (Fsp3) is 0.267. The Morgan fingerprint density at radius 1 is 1.12 bits per heavy atom. The quantitative estimate of drug-likeness (QED) is 0.821. The average molecular weight is 364 g/mol. The van der Waals surface area contributed by atoms with Gasteiger partial charge >= 0.3 is 0 Å². The van der Waals surface area contributed by atoms with Crippen LogP contribution in [0.3, 0.4) is 0 Å². The summed E-state index contributed by atoms with van der Waals surface area (Å²) in [7, 11) is -3.64. The van der Waals surface area contributed by atoms with E-state index in [1.54, 1.807) is 18.5 Å². The molecule has 0 N–H and O–H groups in total. The minimum atomic E-state index is -3.64. The number of sulfonamides is 1. The summed E-state index contributed by atoms with van der Waals surface area (Å²) in [6, 6.07) is 7.80. The van der Waals surface area contributed by atoms with E-state index in [2.05, 4.69) is 9.97 Å². The van der Waals surface area contributed by atoms with Gasteiger partial charge in [-0.25, -0.2) is 18.4 Å². The molecule has 9 heteroatoms. The van der Waals surface area contributed by atoms with Gasteiger partial charge in [-0.15, -0.1) is 0 Å². The highest BCUT2D eigenvalue weighted by atomic mass is 35.5. The second-order valence-electron chi connectivity index (χ2n) is 5.19. The average Bonchev–Trinajstić information content (AvgIpc) is 2.62. The molecule has 0 aliphatic carbocycles.